The van der Waals surface area contributed by atoms with Crippen molar-refractivity contribution in [2.75, 3.05) is 0 Å². The Kier molecular flexibility index (Phi) is 7.46. The average molecular weight is 773 g/mol. The molecule has 58 heavy (non-hydrogen) atoms. The lowest BCUT2D eigenvalue weighted by molar-refractivity contribution is 1.18. The number of para-hydroxylation sites is 3. The Balaban J connectivity index is 1.29. The molecule has 0 N–H and O–H groups in total. The van der Waals surface area contributed by atoms with E-state index in [-0.39, 0.29) is 0 Å². The van der Waals surface area contributed by atoms with Gasteiger partial charge in [0.1, 0.15) is 0 Å². The third-order valence-corrected chi connectivity index (χ3v) is 18.2. The Morgan fingerprint density at radius 3 is 1.34 bits per heavy atom. The molecule has 12 aromatic rings. The van der Waals surface area contributed by atoms with Gasteiger partial charge in [-0.3, -0.25) is 0 Å². The SMILES string of the molecule is c1ccc([Si](c2ccccc2)(c2ccccc2)c2cc3sc4ccccc4c3cc2-n2c3ccccc3c3c(-n4c5ccccc5c5ccccc54)cccc32)cc1. The lowest BCUT2D eigenvalue weighted by atomic mass is 10.1. The molecule has 0 spiro atoms. The van der Waals surface area contributed by atoms with Crippen molar-refractivity contribution >= 4 is 104 Å². The molecule has 0 atom stereocenters. The summed E-state index contributed by atoms with van der Waals surface area (Å²) < 4.78 is 7.70. The first-order valence-electron chi connectivity index (χ1n) is 19.9. The fourth-order valence-corrected chi connectivity index (χ4v) is 16.1. The van der Waals surface area contributed by atoms with Crippen LogP contribution in [0.15, 0.2) is 218 Å². The number of hydrogen-bond acceptors (Lipinski definition) is 1. The zero-order chi connectivity index (χ0) is 38.2. The van der Waals surface area contributed by atoms with E-state index in [1.54, 1.807) is 0 Å². The van der Waals surface area contributed by atoms with Crippen molar-refractivity contribution in [3.63, 3.8) is 0 Å². The molecule has 0 saturated carbocycles. The number of nitrogens with zero attached hydrogens (tertiary/aromatic N) is 2. The Labute approximate surface area is 341 Å². The predicted octanol–water partition coefficient (Wildman–Crippen LogP) is 11.6. The molecular weight excluding hydrogens is 737 g/mol. The number of thiophene rings is 1. The van der Waals surface area contributed by atoms with Crippen LogP contribution in [-0.4, -0.2) is 17.2 Å². The zero-order valence-corrected chi connectivity index (χ0v) is 33.4. The van der Waals surface area contributed by atoms with Gasteiger partial charge in [0, 0.05) is 47.4 Å². The minimum Gasteiger partial charge on any atom is -0.309 e. The maximum Gasteiger partial charge on any atom is 0.181 e. The number of aromatic nitrogens is 2. The molecule has 0 bridgehead atoms. The summed E-state index contributed by atoms with van der Waals surface area (Å²) in [4.78, 5) is 0. The second kappa shape index (κ2) is 13.0. The van der Waals surface area contributed by atoms with Crippen molar-refractivity contribution in [1.82, 2.24) is 9.13 Å². The number of hydrogen-bond donors (Lipinski definition) is 0. The van der Waals surface area contributed by atoms with E-state index >= 15 is 0 Å². The van der Waals surface area contributed by atoms with E-state index in [4.69, 9.17) is 0 Å². The molecular formula is C54H36N2SSi. The van der Waals surface area contributed by atoms with Gasteiger partial charge >= 0.3 is 0 Å². The van der Waals surface area contributed by atoms with Gasteiger partial charge in [0.25, 0.3) is 0 Å². The summed E-state index contributed by atoms with van der Waals surface area (Å²) in [7, 11) is -3.00. The second-order valence-electron chi connectivity index (χ2n) is 15.2. The Bertz CT molecular complexity index is 3360. The lowest BCUT2D eigenvalue weighted by Crippen LogP contribution is -2.75. The summed E-state index contributed by atoms with van der Waals surface area (Å²) in [5.74, 6) is 0. The molecule has 2 nitrogen and oxygen atoms in total. The number of benzene rings is 9. The van der Waals surface area contributed by atoms with E-state index < -0.39 is 8.07 Å². The molecule has 3 aromatic heterocycles. The maximum atomic E-state index is 2.60. The summed E-state index contributed by atoms with van der Waals surface area (Å²) in [6.45, 7) is 0. The van der Waals surface area contributed by atoms with E-state index in [1.807, 2.05) is 11.3 Å². The van der Waals surface area contributed by atoms with Crippen molar-refractivity contribution in [2.45, 2.75) is 0 Å². The molecule has 0 radical (unpaired) electrons. The minimum atomic E-state index is -3.00. The van der Waals surface area contributed by atoms with Crippen LogP contribution in [0.1, 0.15) is 0 Å². The van der Waals surface area contributed by atoms with E-state index in [0.29, 0.717) is 0 Å². The highest BCUT2D eigenvalue weighted by Gasteiger charge is 2.44. The first-order valence-corrected chi connectivity index (χ1v) is 22.8. The standard InChI is InChI=1S/C54H36N2SSi/c1-4-19-37(20-5-1)58(38-21-6-2-7-22-38,39-23-8-3-9-24-39)53-36-52-44(42-27-13-17-34-51(42)57-52)35-50(53)56-47-31-16-12-28-43(47)54-48(32-18-33-49(54)56)55-45-29-14-10-25-40(45)41-26-11-15-30-46(41)55/h1-36H. The van der Waals surface area contributed by atoms with Crippen LogP contribution in [-0.2, 0) is 0 Å². The summed E-state index contributed by atoms with van der Waals surface area (Å²) in [6.07, 6.45) is 0. The van der Waals surface area contributed by atoms with Gasteiger partial charge in [-0.2, -0.15) is 0 Å². The summed E-state index contributed by atoms with van der Waals surface area (Å²) in [6, 6.07) is 81.6. The molecule has 272 valence electrons. The topological polar surface area (TPSA) is 9.86 Å². The van der Waals surface area contributed by atoms with Crippen LogP contribution in [0.4, 0.5) is 0 Å². The molecule has 4 heteroatoms. The highest BCUT2D eigenvalue weighted by Crippen LogP contribution is 2.41. The fourth-order valence-electron chi connectivity index (χ4n) is 9.90. The molecule has 0 aliphatic rings. The Hall–Kier alpha value is -6.98. The van der Waals surface area contributed by atoms with Gasteiger partial charge in [-0.1, -0.05) is 170 Å². The molecule has 0 aliphatic carbocycles. The summed E-state index contributed by atoms with van der Waals surface area (Å²) in [5, 5.41) is 13.1. The molecule has 0 aliphatic heterocycles. The van der Waals surface area contributed by atoms with Gasteiger partial charge in [-0.15, -0.1) is 11.3 Å². The second-order valence-corrected chi connectivity index (χ2v) is 20.1. The molecule has 9 aromatic carbocycles. The molecule has 0 amide bonds. The molecule has 3 heterocycles. The lowest BCUT2D eigenvalue weighted by Gasteiger charge is -2.36. The van der Waals surface area contributed by atoms with Crippen LogP contribution >= 0.6 is 11.3 Å². The van der Waals surface area contributed by atoms with Crippen LogP contribution in [0.25, 0.3) is 75.2 Å². The molecule has 0 unspecified atom stereocenters. The summed E-state index contributed by atoms with van der Waals surface area (Å²) in [5.41, 5.74) is 7.23. The van der Waals surface area contributed by atoms with Crippen molar-refractivity contribution in [1.29, 1.82) is 0 Å². The molecule has 0 fully saturated rings. The predicted molar refractivity (Wildman–Crippen MR) is 252 cm³/mol. The molecule has 12 rings (SSSR count). The van der Waals surface area contributed by atoms with E-state index in [1.165, 1.54) is 95.9 Å². The maximum absolute atomic E-state index is 3.00. The van der Waals surface area contributed by atoms with Crippen molar-refractivity contribution in [3.8, 4) is 11.4 Å². The normalized spacial score (nSPS) is 12.1. The fraction of sp³-hybridized carbons (Fsp3) is 0. The smallest absolute Gasteiger partial charge is 0.181 e. The summed E-state index contributed by atoms with van der Waals surface area (Å²) >= 11 is 1.90. The van der Waals surface area contributed by atoms with Crippen molar-refractivity contribution in [2.24, 2.45) is 0 Å². The first-order chi connectivity index (χ1) is 28.8. The third kappa shape index (κ3) is 4.70. The first kappa shape index (κ1) is 33.2. The van der Waals surface area contributed by atoms with Crippen LogP contribution < -0.4 is 20.7 Å². The van der Waals surface area contributed by atoms with Gasteiger partial charge in [0.2, 0.25) is 0 Å². The Morgan fingerprint density at radius 1 is 0.310 bits per heavy atom. The van der Waals surface area contributed by atoms with E-state index in [0.717, 1.165) is 0 Å². The van der Waals surface area contributed by atoms with Crippen molar-refractivity contribution < 1.29 is 0 Å². The number of rotatable bonds is 6. The van der Waals surface area contributed by atoms with E-state index in [9.17, 15) is 0 Å². The van der Waals surface area contributed by atoms with Crippen molar-refractivity contribution in [3.05, 3.63) is 218 Å². The van der Waals surface area contributed by atoms with E-state index in [2.05, 4.69) is 228 Å². The highest BCUT2D eigenvalue weighted by atomic mass is 32.1. The van der Waals surface area contributed by atoms with Crippen LogP contribution in [0.3, 0.4) is 0 Å². The third-order valence-electron chi connectivity index (χ3n) is 12.3. The highest BCUT2D eigenvalue weighted by molar-refractivity contribution is 7.26. The minimum absolute atomic E-state index is 1.19. The monoisotopic (exact) mass is 772 g/mol. The van der Waals surface area contributed by atoms with Crippen LogP contribution in [0.2, 0.25) is 0 Å². The largest absolute Gasteiger partial charge is 0.309 e. The average Bonchev–Trinajstić information content (AvgIpc) is 3.95. The van der Waals surface area contributed by atoms with Gasteiger partial charge in [0.05, 0.1) is 27.8 Å². The van der Waals surface area contributed by atoms with Gasteiger partial charge < -0.3 is 9.13 Å². The number of fused-ring (bicyclic) bond motifs is 9. The van der Waals surface area contributed by atoms with Crippen LogP contribution in [0.5, 0.6) is 0 Å². The van der Waals surface area contributed by atoms with Gasteiger partial charge in [-0.05, 0) is 69.3 Å². The molecule has 0 saturated heterocycles. The zero-order valence-electron chi connectivity index (χ0n) is 31.6. The quantitative estimate of drug-likeness (QED) is 0.118. The van der Waals surface area contributed by atoms with Gasteiger partial charge in [-0.25, -0.2) is 0 Å². The van der Waals surface area contributed by atoms with Gasteiger partial charge in [0.15, 0.2) is 8.07 Å². The van der Waals surface area contributed by atoms with Crippen LogP contribution in [0, 0.1) is 0 Å². The Morgan fingerprint density at radius 2 is 0.759 bits per heavy atom.